The van der Waals surface area contributed by atoms with Crippen LogP contribution in [0.25, 0.3) is 11.2 Å². The molecule has 0 amide bonds. The molecule has 1 atom stereocenters. The molecule has 21 heavy (non-hydrogen) atoms. The van der Waals surface area contributed by atoms with Crippen molar-refractivity contribution in [3.8, 4) is 0 Å². The van der Waals surface area contributed by atoms with Crippen LogP contribution in [-0.4, -0.2) is 45.1 Å². The molecule has 5 nitrogen and oxygen atoms in total. The van der Waals surface area contributed by atoms with E-state index in [-0.39, 0.29) is 0 Å². The lowest BCUT2D eigenvalue weighted by molar-refractivity contribution is 0.142. The topological polar surface area (TPSA) is 46.0 Å². The van der Waals surface area contributed by atoms with Crippen LogP contribution in [0.3, 0.4) is 0 Å². The molecule has 2 saturated heterocycles. The number of hydrogen-bond donors (Lipinski definition) is 1. The van der Waals surface area contributed by atoms with Gasteiger partial charge in [0.25, 0.3) is 0 Å². The third-order valence-electron chi connectivity index (χ3n) is 5.03. The molecule has 1 unspecified atom stereocenters. The summed E-state index contributed by atoms with van der Waals surface area (Å²) in [7, 11) is 2.11. The minimum Gasteiger partial charge on any atom is -0.317 e. The molecule has 2 aromatic rings. The first kappa shape index (κ1) is 13.2. The van der Waals surface area contributed by atoms with Crippen molar-refractivity contribution in [2.75, 3.05) is 19.6 Å². The molecule has 2 aromatic heterocycles. The molecule has 0 saturated carbocycles. The summed E-state index contributed by atoms with van der Waals surface area (Å²) in [6.45, 7) is 3.52. The number of pyridine rings is 1. The Morgan fingerprint density at radius 2 is 2.10 bits per heavy atom. The van der Waals surface area contributed by atoms with Gasteiger partial charge in [-0.1, -0.05) is 0 Å². The van der Waals surface area contributed by atoms with Crippen LogP contribution in [0.1, 0.15) is 37.5 Å². The highest BCUT2D eigenvalue weighted by Gasteiger charge is 2.34. The Morgan fingerprint density at radius 3 is 2.90 bits per heavy atom. The molecular weight excluding hydrogens is 262 g/mol. The summed E-state index contributed by atoms with van der Waals surface area (Å²) in [6.07, 6.45) is 6.89. The van der Waals surface area contributed by atoms with E-state index in [9.17, 15) is 0 Å². The van der Waals surface area contributed by atoms with Crippen molar-refractivity contribution in [1.29, 1.82) is 0 Å². The van der Waals surface area contributed by atoms with E-state index in [0.29, 0.717) is 12.1 Å². The largest absolute Gasteiger partial charge is 0.317 e. The van der Waals surface area contributed by atoms with Gasteiger partial charge in [0, 0.05) is 19.3 Å². The maximum atomic E-state index is 4.88. The van der Waals surface area contributed by atoms with Crippen molar-refractivity contribution >= 4 is 11.2 Å². The molecule has 2 aliphatic rings. The Kier molecular flexibility index (Phi) is 3.39. The van der Waals surface area contributed by atoms with Gasteiger partial charge >= 0.3 is 0 Å². The van der Waals surface area contributed by atoms with Gasteiger partial charge in [-0.2, -0.15) is 0 Å². The molecule has 0 aliphatic carbocycles. The second-order valence-electron chi connectivity index (χ2n) is 6.25. The first-order chi connectivity index (χ1) is 10.3. The van der Waals surface area contributed by atoms with Crippen LogP contribution in [0, 0.1) is 0 Å². The number of fused-ring (bicyclic) bond motifs is 1. The van der Waals surface area contributed by atoms with Crippen LogP contribution in [0.2, 0.25) is 0 Å². The molecule has 0 aromatic carbocycles. The zero-order chi connectivity index (χ0) is 14.2. The van der Waals surface area contributed by atoms with E-state index in [1.54, 1.807) is 0 Å². The Morgan fingerprint density at radius 1 is 1.24 bits per heavy atom. The van der Waals surface area contributed by atoms with E-state index >= 15 is 0 Å². The van der Waals surface area contributed by atoms with Gasteiger partial charge in [0.15, 0.2) is 5.65 Å². The second kappa shape index (κ2) is 5.39. The van der Waals surface area contributed by atoms with Crippen molar-refractivity contribution in [3.05, 3.63) is 24.2 Å². The van der Waals surface area contributed by atoms with Crippen molar-refractivity contribution in [1.82, 2.24) is 24.8 Å². The number of aryl methyl sites for hydroxylation is 1. The fourth-order valence-electron chi connectivity index (χ4n) is 3.98. The molecule has 0 bridgehead atoms. The minimum atomic E-state index is 0.465. The van der Waals surface area contributed by atoms with E-state index in [4.69, 9.17) is 4.98 Å². The molecule has 4 heterocycles. The van der Waals surface area contributed by atoms with Gasteiger partial charge < -0.3 is 9.88 Å². The molecule has 0 spiro atoms. The zero-order valence-electron chi connectivity index (χ0n) is 12.6. The smallest absolute Gasteiger partial charge is 0.159 e. The molecule has 0 radical (unpaired) electrons. The highest BCUT2D eigenvalue weighted by molar-refractivity contribution is 5.71. The Hall–Kier alpha value is -1.46. The van der Waals surface area contributed by atoms with Crippen molar-refractivity contribution < 1.29 is 0 Å². The lowest BCUT2D eigenvalue weighted by Crippen LogP contribution is -2.43. The Bertz CT molecular complexity index is 629. The minimum absolute atomic E-state index is 0.465. The maximum absolute atomic E-state index is 4.88. The molecule has 112 valence electrons. The number of imidazole rings is 1. The summed E-state index contributed by atoms with van der Waals surface area (Å²) in [6, 6.07) is 5.22. The number of nitrogens with one attached hydrogen (secondary N) is 1. The predicted octanol–water partition coefficient (Wildman–Crippen LogP) is 1.86. The SMILES string of the molecule is Cn1c(C2CCCN2C2CCNCC2)nc2cccnc21. The predicted molar refractivity (Wildman–Crippen MR) is 83.1 cm³/mol. The highest BCUT2D eigenvalue weighted by atomic mass is 15.3. The fraction of sp³-hybridized carbons (Fsp3) is 0.625. The van der Waals surface area contributed by atoms with E-state index in [1.807, 2.05) is 12.3 Å². The van der Waals surface area contributed by atoms with Gasteiger partial charge in [-0.3, -0.25) is 4.90 Å². The lowest BCUT2D eigenvalue weighted by Gasteiger charge is -2.35. The number of rotatable bonds is 2. The van der Waals surface area contributed by atoms with Crippen LogP contribution in [0.4, 0.5) is 0 Å². The summed E-state index contributed by atoms with van der Waals surface area (Å²) >= 11 is 0. The van der Waals surface area contributed by atoms with E-state index in [1.165, 1.54) is 38.1 Å². The van der Waals surface area contributed by atoms with Gasteiger partial charge in [-0.25, -0.2) is 9.97 Å². The number of likely N-dealkylation sites (tertiary alicyclic amines) is 1. The first-order valence-electron chi connectivity index (χ1n) is 8.08. The van der Waals surface area contributed by atoms with Crippen LogP contribution in [0.15, 0.2) is 18.3 Å². The highest BCUT2D eigenvalue weighted by Crippen LogP contribution is 2.35. The molecule has 2 aliphatic heterocycles. The Labute approximate surface area is 125 Å². The van der Waals surface area contributed by atoms with Crippen molar-refractivity contribution in [2.24, 2.45) is 7.05 Å². The summed E-state index contributed by atoms with van der Waals surface area (Å²) < 4.78 is 2.19. The van der Waals surface area contributed by atoms with Crippen molar-refractivity contribution in [2.45, 2.75) is 37.8 Å². The van der Waals surface area contributed by atoms with Crippen molar-refractivity contribution in [3.63, 3.8) is 0 Å². The third-order valence-corrected chi connectivity index (χ3v) is 5.03. The van der Waals surface area contributed by atoms with Gasteiger partial charge in [-0.15, -0.1) is 0 Å². The number of aromatic nitrogens is 3. The molecule has 1 N–H and O–H groups in total. The van der Waals surface area contributed by atoms with Gasteiger partial charge in [0.05, 0.1) is 6.04 Å². The number of piperidine rings is 1. The fourth-order valence-corrected chi connectivity index (χ4v) is 3.98. The summed E-state index contributed by atoms with van der Waals surface area (Å²) in [5, 5.41) is 3.47. The molecule has 5 heteroatoms. The van der Waals surface area contributed by atoms with Gasteiger partial charge in [-0.05, 0) is 57.5 Å². The van der Waals surface area contributed by atoms with Crippen LogP contribution >= 0.6 is 0 Å². The van der Waals surface area contributed by atoms with E-state index in [0.717, 1.165) is 24.3 Å². The van der Waals surface area contributed by atoms with E-state index < -0.39 is 0 Å². The lowest BCUT2D eigenvalue weighted by atomic mass is 10.0. The normalized spacial score (nSPS) is 24.9. The summed E-state index contributed by atoms with van der Waals surface area (Å²) in [5.74, 6) is 1.19. The molecule has 4 rings (SSSR count). The zero-order valence-corrected chi connectivity index (χ0v) is 12.6. The second-order valence-corrected chi connectivity index (χ2v) is 6.25. The summed E-state index contributed by atoms with van der Waals surface area (Å²) in [4.78, 5) is 12.1. The number of hydrogen-bond acceptors (Lipinski definition) is 4. The standard InChI is InChI=1S/C16H23N5/c1-20-15-13(4-2-8-18-15)19-16(20)14-5-3-11-21(14)12-6-9-17-10-7-12/h2,4,8,12,14,17H,3,5-7,9-11H2,1H3. The monoisotopic (exact) mass is 285 g/mol. The Balaban J connectivity index is 1.68. The molecule has 2 fully saturated rings. The average Bonchev–Trinajstić information content (AvgIpc) is 3.13. The van der Waals surface area contributed by atoms with Gasteiger partial charge in [0.1, 0.15) is 11.3 Å². The maximum Gasteiger partial charge on any atom is 0.159 e. The van der Waals surface area contributed by atoms with E-state index in [2.05, 4.69) is 32.9 Å². The first-order valence-corrected chi connectivity index (χ1v) is 8.08. The average molecular weight is 285 g/mol. The van der Waals surface area contributed by atoms with Crippen LogP contribution < -0.4 is 5.32 Å². The quantitative estimate of drug-likeness (QED) is 0.915. The molecular formula is C16H23N5. The van der Waals surface area contributed by atoms with Gasteiger partial charge in [0.2, 0.25) is 0 Å². The van der Waals surface area contributed by atoms with Crippen LogP contribution in [0.5, 0.6) is 0 Å². The number of nitrogens with zero attached hydrogens (tertiary/aromatic N) is 4. The third kappa shape index (κ3) is 2.24. The van der Waals surface area contributed by atoms with Crippen LogP contribution in [-0.2, 0) is 7.05 Å². The summed E-state index contributed by atoms with van der Waals surface area (Å²) in [5.41, 5.74) is 2.02.